The van der Waals surface area contributed by atoms with Gasteiger partial charge in [0.25, 0.3) is 5.91 Å². The van der Waals surface area contributed by atoms with Crippen molar-refractivity contribution in [3.8, 4) is 11.5 Å². The van der Waals surface area contributed by atoms with Crippen LogP contribution < -0.4 is 8.92 Å². The van der Waals surface area contributed by atoms with Crippen LogP contribution in [-0.4, -0.2) is 38.1 Å². The molecular weight excluding hydrogens is 402 g/mol. The third-order valence-corrected chi connectivity index (χ3v) is 5.97. The Morgan fingerprint density at radius 3 is 2.50 bits per heavy atom. The van der Waals surface area contributed by atoms with Crippen LogP contribution >= 0.6 is 11.6 Å². The van der Waals surface area contributed by atoms with Crippen LogP contribution in [-0.2, 0) is 16.7 Å². The average molecular weight is 424 g/mol. The lowest BCUT2D eigenvalue weighted by Gasteiger charge is -2.23. The van der Waals surface area contributed by atoms with E-state index in [1.54, 1.807) is 47.4 Å². The molecule has 0 spiro atoms. The van der Waals surface area contributed by atoms with E-state index in [1.165, 1.54) is 14.0 Å². The Hall–Kier alpha value is -2.25. The zero-order valence-electron chi connectivity index (χ0n) is 15.7. The summed E-state index contributed by atoms with van der Waals surface area (Å²) in [6.45, 7) is 1.82. The van der Waals surface area contributed by atoms with Gasteiger partial charge in [0.05, 0.1) is 23.4 Å². The van der Waals surface area contributed by atoms with Crippen LogP contribution in [0.1, 0.15) is 35.7 Å². The molecule has 8 heteroatoms. The van der Waals surface area contributed by atoms with Gasteiger partial charge in [-0.2, -0.15) is 8.42 Å². The molecule has 0 saturated heterocycles. The molecule has 1 aliphatic carbocycles. The molecule has 2 aromatic rings. The van der Waals surface area contributed by atoms with Crippen molar-refractivity contribution in [1.82, 2.24) is 4.90 Å². The molecule has 2 aromatic carbocycles. The second-order valence-corrected chi connectivity index (χ2v) is 8.83. The van der Waals surface area contributed by atoms with Crippen LogP contribution in [0.4, 0.5) is 0 Å². The maximum absolute atomic E-state index is 13.0. The summed E-state index contributed by atoms with van der Waals surface area (Å²) < 4.78 is 34.1. The number of benzene rings is 2. The number of ether oxygens (including phenoxy) is 1. The van der Waals surface area contributed by atoms with Gasteiger partial charge < -0.3 is 13.8 Å². The van der Waals surface area contributed by atoms with Crippen LogP contribution in [0.2, 0.25) is 5.02 Å². The number of amides is 1. The Labute approximate surface area is 170 Å². The normalized spacial score (nSPS) is 13.8. The summed E-state index contributed by atoms with van der Waals surface area (Å²) in [6.07, 6.45) is 1.86. The minimum Gasteiger partial charge on any atom is -0.493 e. The quantitative estimate of drug-likeness (QED) is 0.602. The molecule has 0 N–H and O–H groups in total. The molecule has 150 valence electrons. The lowest BCUT2D eigenvalue weighted by molar-refractivity contribution is 0.0730. The van der Waals surface area contributed by atoms with Crippen molar-refractivity contribution in [3.05, 3.63) is 58.6 Å². The molecule has 28 heavy (non-hydrogen) atoms. The number of carbonyl (C=O) groups excluding carboxylic acids is 1. The van der Waals surface area contributed by atoms with Gasteiger partial charge in [0.15, 0.2) is 11.5 Å². The smallest absolute Gasteiger partial charge is 0.309 e. The lowest BCUT2D eigenvalue weighted by atomic mass is 10.1. The fourth-order valence-corrected chi connectivity index (χ4v) is 3.56. The van der Waals surface area contributed by atoms with Crippen molar-refractivity contribution in [2.75, 3.05) is 12.9 Å². The molecule has 1 fully saturated rings. The zero-order chi connectivity index (χ0) is 20.3. The molecule has 0 bridgehead atoms. The summed E-state index contributed by atoms with van der Waals surface area (Å²) in [5.74, 6) is 0.131. The highest BCUT2D eigenvalue weighted by atomic mass is 35.5. The fourth-order valence-electron chi connectivity index (χ4n) is 2.82. The summed E-state index contributed by atoms with van der Waals surface area (Å²) in [6, 6.07) is 12.1. The standard InChI is InChI=1S/C20H22ClNO5S/c1-3-28(24,25)27-19-12-14(8-11-18(19)26-2)13-22(15-9-10-15)20(23)16-6-4-5-7-17(16)21/h4-8,11-12,15H,3,9-10,13H2,1-2H3. The molecule has 0 heterocycles. The van der Waals surface area contributed by atoms with Gasteiger partial charge in [-0.25, -0.2) is 0 Å². The average Bonchev–Trinajstić information content (AvgIpc) is 3.51. The van der Waals surface area contributed by atoms with Crippen molar-refractivity contribution in [1.29, 1.82) is 0 Å². The first-order chi connectivity index (χ1) is 13.3. The maximum Gasteiger partial charge on any atom is 0.309 e. The van der Waals surface area contributed by atoms with Crippen molar-refractivity contribution in [3.63, 3.8) is 0 Å². The fraction of sp³-hybridized carbons (Fsp3) is 0.350. The third kappa shape index (κ3) is 4.77. The Bertz CT molecular complexity index is 972. The Balaban J connectivity index is 1.88. The van der Waals surface area contributed by atoms with E-state index in [0.717, 1.165) is 18.4 Å². The van der Waals surface area contributed by atoms with Crippen LogP contribution in [0.25, 0.3) is 0 Å². The van der Waals surface area contributed by atoms with Crippen molar-refractivity contribution >= 4 is 27.6 Å². The van der Waals surface area contributed by atoms with E-state index in [4.69, 9.17) is 20.5 Å². The highest BCUT2D eigenvalue weighted by Crippen LogP contribution is 2.34. The molecule has 0 atom stereocenters. The Morgan fingerprint density at radius 1 is 1.18 bits per heavy atom. The highest BCUT2D eigenvalue weighted by molar-refractivity contribution is 7.87. The summed E-state index contributed by atoms with van der Waals surface area (Å²) in [7, 11) is -2.25. The second-order valence-electron chi connectivity index (χ2n) is 6.56. The molecule has 1 amide bonds. The molecule has 1 saturated carbocycles. The lowest BCUT2D eigenvalue weighted by Crippen LogP contribution is -2.32. The van der Waals surface area contributed by atoms with Crippen LogP contribution in [0.3, 0.4) is 0 Å². The largest absolute Gasteiger partial charge is 0.493 e. The molecule has 3 rings (SSSR count). The van der Waals surface area contributed by atoms with Gasteiger partial charge in [-0.05, 0) is 49.6 Å². The van der Waals surface area contributed by atoms with Crippen molar-refractivity contribution < 1.29 is 22.1 Å². The summed E-state index contributed by atoms with van der Waals surface area (Å²) in [5, 5.41) is 0.408. The Kier molecular flexibility index (Phi) is 6.15. The number of halogens is 1. The number of carbonyl (C=O) groups is 1. The first-order valence-electron chi connectivity index (χ1n) is 8.99. The first kappa shape index (κ1) is 20.5. The summed E-state index contributed by atoms with van der Waals surface area (Å²) >= 11 is 6.19. The molecule has 0 unspecified atom stereocenters. The van der Waals surface area contributed by atoms with E-state index < -0.39 is 10.1 Å². The highest BCUT2D eigenvalue weighted by Gasteiger charge is 2.34. The van der Waals surface area contributed by atoms with Gasteiger partial charge >= 0.3 is 10.1 Å². The van der Waals surface area contributed by atoms with Crippen LogP contribution in [0.5, 0.6) is 11.5 Å². The topological polar surface area (TPSA) is 72.9 Å². The van der Waals surface area contributed by atoms with Crippen LogP contribution in [0, 0.1) is 0 Å². The van der Waals surface area contributed by atoms with Crippen LogP contribution in [0.15, 0.2) is 42.5 Å². The minimum absolute atomic E-state index is 0.114. The van der Waals surface area contributed by atoms with Crippen molar-refractivity contribution in [2.24, 2.45) is 0 Å². The molecule has 0 aromatic heterocycles. The number of hydrogen-bond donors (Lipinski definition) is 0. The maximum atomic E-state index is 13.0. The number of nitrogens with zero attached hydrogens (tertiary/aromatic N) is 1. The minimum atomic E-state index is -3.70. The monoisotopic (exact) mass is 423 g/mol. The summed E-state index contributed by atoms with van der Waals surface area (Å²) in [5.41, 5.74) is 1.20. The van der Waals surface area contributed by atoms with E-state index >= 15 is 0 Å². The molecular formula is C20H22ClNO5S. The molecule has 0 aliphatic heterocycles. The van der Waals surface area contributed by atoms with Gasteiger partial charge in [0, 0.05) is 12.6 Å². The van der Waals surface area contributed by atoms with Gasteiger partial charge in [0.1, 0.15) is 0 Å². The zero-order valence-corrected chi connectivity index (χ0v) is 17.3. The summed E-state index contributed by atoms with van der Waals surface area (Å²) in [4.78, 5) is 14.8. The predicted molar refractivity (Wildman–Crippen MR) is 107 cm³/mol. The number of methoxy groups -OCH3 is 1. The number of hydrogen-bond acceptors (Lipinski definition) is 5. The molecule has 1 aliphatic rings. The van der Waals surface area contributed by atoms with E-state index in [9.17, 15) is 13.2 Å². The Morgan fingerprint density at radius 2 is 1.89 bits per heavy atom. The van der Waals surface area contributed by atoms with Gasteiger partial charge in [-0.3, -0.25) is 4.79 Å². The predicted octanol–water partition coefficient (Wildman–Crippen LogP) is 3.88. The molecule has 0 radical (unpaired) electrons. The third-order valence-electron chi connectivity index (χ3n) is 4.50. The van der Waals surface area contributed by atoms with Gasteiger partial charge in [-0.1, -0.05) is 29.8 Å². The van der Waals surface area contributed by atoms with E-state index in [1.807, 2.05) is 0 Å². The first-order valence-corrected chi connectivity index (χ1v) is 10.9. The van der Waals surface area contributed by atoms with Gasteiger partial charge in [0.2, 0.25) is 0 Å². The second kappa shape index (κ2) is 8.41. The van der Waals surface area contributed by atoms with E-state index in [2.05, 4.69) is 0 Å². The molecule has 6 nitrogen and oxygen atoms in total. The van der Waals surface area contributed by atoms with E-state index in [0.29, 0.717) is 22.9 Å². The van der Waals surface area contributed by atoms with Gasteiger partial charge in [-0.15, -0.1) is 0 Å². The van der Waals surface area contributed by atoms with Crippen molar-refractivity contribution in [2.45, 2.75) is 32.4 Å². The number of rotatable bonds is 8. The van der Waals surface area contributed by atoms with E-state index in [-0.39, 0.29) is 23.5 Å². The SMILES string of the molecule is CCS(=O)(=O)Oc1cc(CN(C(=O)c2ccccc2Cl)C2CC2)ccc1OC.